The lowest BCUT2D eigenvalue weighted by atomic mass is 10.0. The van der Waals surface area contributed by atoms with Gasteiger partial charge in [-0.1, -0.05) is 43.9 Å². The number of hydrogen-bond acceptors (Lipinski definition) is 6. The third kappa shape index (κ3) is 4.94. The van der Waals surface area contributed by atoms with E-state index in [1.807, 2.05) is 18.3 Å². The molecule has 1 aromatic carbocycles. The van der Waals surface area contributed by atoms with Crippen LogP contribution in [-0.4, -0.2) is 38.3 Å². The molecule has 7 nitrogen and oxygen atoms in total. The zero-order chi connectivity index (χ0) is 25.3. The highest BCUT2D eigenvalue weighted by atomic mass is 16.5. The van der Waals surface area contributed by atoms with E-state index in [4.69, 9.17) is 14.8 Å². The van der Waals surface area contributed by atoms with Gasteiger partial charge in [-0.2, -0.15) is 5.10 Å². The van der Waals surface area contributed by atoms with Gasteiger partial charge >= 0.3 is 0 Å². The Hall–Kier alpha value is -3.61. The van der Waals surface area contributed by atoms with E-state index >= 15 is 0 Å². The van der Waals surface area contributed by atoms with Crippen LogP contribution in [0.4, 0.5) is 11.8 Å². The van der Waals surface area contributed by atoms with Gasteiger partial charge < -0.3 is 15.4 Å². The molecule has 0 spiro atoms. The Kier molecular flexibility index (Phi) is 6.35. The molecule has 3 heterocycles. The predicted molar refractivity (Wildman–Crippen MR) is 152 cm³/mol. The van der Waals surface area contributed by atoms with E-state index in [0.717, 1.165) is 46.2 Å². The molecule has 2 N–H and O–H groups in total. The normalized spacial score (nSPS) is 18.3. The van der Waals surface area contributed by atoms with Crippen molar-refractivity contribution in [2.24, 2.45) is 5.92 Å². The lowest BCUT2D eigenvalue weighted by Gasteiger charge is -2.14. The average molecular weight is 509 g/mol. The summed E-state index contributed by atoms with van der Waals surface area (Å²) in [5, 5.41) is 12.5. The van der Waals surface area contributed by atoms with Gasteiger partial charge in [0, 0.05) is 23.8 Å². The molecule has 0 aliphatic heterocycles. The number of fused-ring (bicyclic) bond motifs is 1. The maximum absolute atomic E-state index is 6.14. The van der Waals surface area contributed by atoms with E-state index in [1.165, 1.54) is 64.2 Å². The minimum absolute atomic E-state index is 0.455. The number of nitrogens with one attached hydrogen (secondary N) is 2. The van der Waals surface area contributed by atoms with Crippen LogP contribution < -0.4 is 15.4 Å². The van der Waals surface area contributed by atoms with Crippen molar-refractivity contribution in [3.8, 4) is 28.3 Å². The molecule has 4 aromatic rings. The second-order valence-corrected chi connectivity index (χ2v) is 11.2. The summed E-state index contributed by atoms with van der Waals surface area (Å²) < 4.78 is 8.20. The van der Waals surface area contributed by atoms with Crippen molar-refractivity contribution < 1.29 is 4.74 Å². The highest BCUT2D eigenvalue weighted by molar-refractivity contribution is 5.92. The molecule has 3 saturated carbocycles. The lowest BCUT2D eigenvalue weighted by Crippen LogP contribution is -2.17. The van der Waals surface area contributed by atoms with Crippen LogP contribution >= 0.6 is 0 Å². The third-order valence-corrected chi connectivity index (χ3v) is 8.25. The second-order valence-electron chi connectivity index (χ2n) is 11.2. The van der Waals surface area contributed by atoms with Crippen molar-refractivity contribution in [2.75, 3.05) is 17.2 Å². The zero-order valence-electron chi connectivity index (χ0n) is 21.9. The molecule has 3 aliphatic rings. The number of hydrogen-bond donors (Lipinski definition) is 2. The van der Waals surface area contributed by atoms with Gasteiger partial charge in [-0.25, -0.2) is 14.5 Å². The molecule has 7 heteroatoms. The maximum Gasteiger partial charge on any atom is 0.223 e. The Bertz CT molecular complexity index is 1420. The van der Waals surface area contributed by atoms with E-state index in [2.05, 4.69) is 56.5 Å². The Labute approximate surface area is 224 Å². The van der Waals surface area contributed by atoms with Crippen LogP contribution in [-0.2, 0) is 0 Å². The number of ether oxygens (including phenoxy) is 1. The van der Waals surface area contributed by atoms with E-state index in [0.29, 0.717) is 23.9 Å². The first kappa shape index (κ1) is 23.5. The number of pyridine rings is 1. The fourth-order valence-electron chi connectivity index (χ4n) is 5.96. The molecule has 0 amide bonds. The summed E-state index contributed by atoms with van der Waals surface area (Å²) in [5.41, 5.74) is 4.89. The summed E-state index contributed by atoms with van der Waals surface area (Å²) >= 11 is 0. The lowest BCUT2D eigenvalue weighted by molar-refractivity contribution is 0.300. The van der Waals surface area contributed by atoms with Crippen LogP contribution in [0.5, 0.6) is 5.75 Å². The molecule has 7 rings (SSSR count). The molecule has 0 bridgehead atoms. The van der Waals surface area contributed by atoms with Gasteiger partial charge in [0.05, 0.1) is 23.4 Å². The van der Waals surface area contributed by atoms with Gasteiger partial charge in [0.25, 0.3) is 0 Å². The van der Waals surface area contributed by atoms with E-state index in [-0.39, 0.29) is 0 Å². The molecular weight excluding hydrogens is 472 g/mol. The first-order valence-corrected chi connectivity index (χ1v) is 14.4. The number of rotatable bonds is 9. The van der Waals surface area contributed by atoms with E-state index in [1.54, 1.807) is 0 Å². The molecule has 3 aliphatic carbocycles. The molecule has 196 valence electrons. The summed E-state index contributed by atoms with van der Waals surface area (Å²) in [6, 6.07) is 17.7. The fraction of sp³-hybridized carbons (Fsp3) is 0.452. The minimum atomic E-state index is 0.455. The Balaban J connectivity index is 1.31. The quantitative estimate of drug-likeness (QED) is 0.255. The van der Waals surface area contributed by atoms with Gasteiger partial charge in [-0.3, -0.25) is 0 Å². The average Bonchev–Trinajstić information content (AvgIpc) is 3.29. The highest BCUT2D eigenvalue weighted by Gasteiger charge is 2.24. The number of aromatic nitrogens is 4. The van der Waals surface area contributed by atoms with Gasteiger partial charge in [0.15, 0.2) is 0 Å². The zero-order valence-corrected chi connectivity index (χ0v) is 21.9. The molecule has 0 atom stereocenters. The number of anilines is 2. The molecule has 0 unspecified atom stereocenters. The van der Waals surface area contributed by atoms with Gasteiger partial charge in [-0.05, 0) is 74.8 Å². The summed E-state index contributed by atoms with van der Waals surface area (Å²) in [4.78, 5) is 9.57. The Morgan fingerprint density at radius 3 is 2.39 bits per heavy atom. The van der Waals surface area contributed by atoms with Gasteiger partial charge in [-0.15, -0.1) is 0 Å². The number of nitrogens with zero attached hydrogens (tertiary/aromatic N) is 4. The van der Waals surface area contributed by atoms with Crippen LogP contribution in [0.1, 0.15) is 64.2 Å². The van der Waals surface area contributed by atoms with Crippen molar-refractivity contribution in [3.05, 3.63) is 54.7 Å². The monoisotopic (exact) mass is 508 g/mol. The minimum Gasteiger partial charge on any atom is -0.493 e. The van der Waals surface area contributed by atoms with Crippen molar-refractivity contribution in [1.29, 1.82) is 0 Å². The molecule has 38 heavy (non-hydrogen) atoms. The van der Waals surface area contributed by atoms with Crippen molar-refractivity contribution in [1.82, 2.24) is 19.6 Å². The van der Waals surface area contributed by atoms with E-state index < -0.39 is 0 Å². The fourth-order valence-corrected chi connectivity index (χ4v) is 5.96. The SMILES string of the molecule is c1cc(OCC2CC2)cc(-c2nn3c(NC4CCCC4)cccc3c2-c2ccnc(NC3CCCC3)n2)c1. The van der Waals surface area contributed by atoms with Gasteiger partial charge in [0.1, 0.15) is 17.3 Å². The van der Waals surface area contributed by atoms with Crippen LogP contribution in [0.3, 0.4) is 0 Å². The first-order valence-electron chi connectivity index (χ1n) is 14.4. The van der Waals surface area contributed by atoms with Gasteiger partial charge in [0.2, 0.25) is 5.95 Å². The Morgan fingerprint density at radius 2 is 1.61 bits per heavy atom. The first-order chi connectivity index (χ1) is 18.8. The highest BCUT2D eigenvalue weighted by Crippen LogP contribution is 2.38. The van der Waals surface area contributed by atoms with Crippen molar-refractivity contribution in [2.45, 2.75) is 76.3 Å². The number of benzene rings is 1. The molecule has 0 saturated heterocycles. The molecule has 3 aromatic heterocycles. The standard InChI is InChI=1S/C31H36N6O/c1-2-9-23(8-1)33-28-14-6-13-27-29(26-17-18-32-31(35-26)34-24-10-3-4-11-24)30(36-37(27)28)22-7-5-12-25(19-22)38-20-21-15-16-21/h5-7,12-14,17-19,21,23-24,33H,1-4,8-11,15-16,20H2,(H,32,34,35). The van der Waals surface area contributed by atoms with Crippen LogP contribution in [0.25, 0.3) is 28.0 Å². The largest absolute Gasteiger partial charge is 0.493 e. The Morgan fingerprint density at radius 1 is 0.842 bits per heavy atom. The smallest absolute Gasteiger partial charge is 0.223 e. The van der Waals surface area contributed by atoms with Crippen LogP contribution in [0, 0.1) is 5.92 Å². The van der Waals surface area contributed by atoms with Crippen LogP contribution in [0.15, 0.2) is 54.7 Å². The second kappa shape index (κ2) is 10.3. The van der Waals surface area contributed by atoms with Crippen molar-refractivity contribution in [3.63, 3.8) is 0 Å². The molecule has 3 fully saturated rings. The topological polar surface area (TPSA) is 76.4 Å². The third-order valence-electron chi connectivity index (χ3n) is 8.25. The maximum atomic E-state index is 6.14. The predicted octanol–water partition coefficient (Wildman–Crippen LogP) is 6.96. The molecule has 0 radical (unpaired) electrons. The van der Waals surface area contributed by atoms with Crippen LogP contribution in [0.2, 0.25) is 0 Å². The summed E-state index contributed by atoms with van der Waals surface area (Å²) in [7, 11) is 0. The van der Waals surface area contributed by atoms with E-state index in [9.17, 15) is 0 Å². The summed E-state index contributed by atoms with van der Waals surface area (Å²) in [5.74, 6) is 3.33. The molecular formula is C31H36N6O. The van der Waals surface area contributed by atoms with Crippen molar-refractivity contribution >= 4 is 17.3 Å². The summed E-state index contributed by atoms with van der Waals surface area (Å²) in [6.07, 6.45) is 14.3. The summed E-state index contributed by atoms with van der Waals surface area (Å²) in [6.45, 7) is 0.791.